The van der Waals surface area contributed by atoms with Crippen LogP contribution in [0, 0.1) is 0 Å². The van der Waals surface area contributed by atoms with Gasteiger partial charge in [0.25, 0.3) is 0 Å². The molecule has 0 amide bonds. The average Bonchev–Trinajstić information content (AvgIpc) is 2.35. The van der Waals surface area contributed by atoms with Crippen LogP contribution in [-0.2, 0) is 0 Å². The monoisotopic (exact) mass is 264 g/mol. The molecule has 108 valence electrons. The molecule has 0 spiro atoms. The van der Waals surface area contributed by atoms with E-state index in [1.54, 1.807) is 0 Å². The quantitative estimate of drug-likeness (QED) is 0.816. The lowest BCUT2D eigenvalue weighted by atomic mass is 10.2. The number of hydrogen-bond acceptors (Lipinski definition) is 4. The summed E-state index contributed by atoms with van der Waals surface area (Å²) in [7, 11) is 0. The Morgan fingerprint density at radius 3 is 2.32 bits per heavy atom. The standard InChI is InChI=1S/C15H28N4/c1-7-9-19(12(5)6)14-10-13(16-8-2)17-15(18-14)11(3)4/h10-12H,7-9H2,1-6H3,(H,16,17,18). The molecule has 0 aliphatic rings. The van der Waals surface area contributed by atoms with E-state index in [4.69, 9.17) is 4.98 Å². The number of hydrogen-bond donors (Lipinski definition) is 1. The minimum Gasteiger partial charge on any atom is -0.370 e. The minimum absolute atomic E-state index is 0.341. The third kappa shape index (κ3) is 4.37. The van der Waals surface area contributed by atoms with E-state index in [9.17, 15) is 0 Å². The fourth-order valence-electron chi connectivity index (χ4n) is 2.01. The van der Waals surface area contributed by atoms with Gasteiger partial charge in [-0.15, -0.1) is 0 Å². The summed E-state index contributed by atoms with van der Waals surface area (Å²) in [6.45, 7) is 14.9. The van der Waals surface area contributed by atoms with Crippen molar-refractivity contribution in [3.05, 3.63) is 11.9 Å². The van der Waals surface area contributed by atoms with Gasteiger partial charge in [-0.1, -0.05) is 20.8 Å². The lowest BCUT2D eigenvalue weighted by Gasteiger charge is -2.28. The maximum Gasteiger partial charge on any atom is 0.135 e. The molecule has 1 N–H and O–H groups in total. The zero-order chi connectivity index (χ0) is 14.4. The molecule has 4 nitrogen and oxygen atoms in total. The van der Waals surface area contributed by atoms with Gasteiger partial charge in [0.1, 0.15) is 17.5 Å². The Morgan fingerprint density at radius 2 is 1.84 bits per heavy atom. The summed E-state index contributed by atoms with van der Waals surface area (Å²) < 4.78 is 0. The van der Waals surface area contributed by atoms with Gasteiger partial charge in [-0.05, 0) is 27.2 Å². The van der Waals surface area contributed by atoms with Crippen LogP contribution in [0.4, 0.5) is 11.6 Å². The van der Waals surface area contributed by atoms with E-state index in [0.717, 1.165) is 37.0 Å². The first-order valence-electron chi connectivity index (χ1n) is 7.39. The smallest absolute Gasteiger partial charge is 0.135 e. The van der Waals surface area contributed by atoms with Crippen LogP contribution in [0.15, 0.2) is 6.07 Å². The van der Waals surface area contributed by atoms with Crippen LogP contribution in [0.3, 0.4) is 0 Å². The van der Waals surface area contributed by atoms with Crippen molar-refractivity contribution in [2.75, 3.05) is 23.3 Å². The summed E-state index contributed by atoms with van der Waals surface area (Å²) in [4.78, 5) is 11.6. The topological polar surface area (TPSA) is 41.0 Å². The van der Waals surface area contributed by atoms with Gasteiger partial charge in [0.15, 0.2) is 0 Å². The molecular weight excluding hydrogens is 236 g/mol. The number of nitrogens with one attached hydrogen (secondary N) is 1. The van der Waals surface area contributed by atoms with Crippen LogP contribution < -0.4 is 10.2 Å². The first-order chi connectivity index (χ1) is 8.99. The van der Waals surface area contributed by atoms with E-state index < -0.39 is 0 Å². The van der Waals surface area contributed by atoms with Crippen LogP contribution in [0.5, 0.6) is 0 Å². The van der Waals surface area contributed by atoms with E-state index in [1.807, 2.05) is 0 Å². The zero-order valence-electron chi connectivity index (χ0n) is 13.2. The summed E-state index contributed by atoms with van der Waals surface area (Å²) in [6.07, 6.45) is 1.12. The lowest BCUT2D eigenvalue weighted by molar-refractivity contribution is 0.653. The highest BCUT2D eigenvalue weighted by Crippen LogP contribution is 2.21. The third-order valence-corrected chi connectivity index (χ3v) is 2.99. The number of aromatic nitrogens is 2. The normalized spacial score (nSPS) is 11.2. The van der Waals surface area contributed by atoms with Gasteiger partial charge in [0.05, 0.1) is 0 Å². The second kappa shape index (κ2) is 7.31. The van der Waals surface area contributed by atoms with Gasteiger partial charge in [-0.2, -0.15) is 0 Å². The maximum absolute atomic E-state index is 4.73. The van der Waals surface area contributed by atoms with Gasteiger partial charge >= 0.3 is 0 Å². The van der Waals surface area contributed by atoms with Crippen LogP contribution in [0.1, 0.15) is 59.7 Å². The molecule has 0 saturated carbocycles. The molecule has 0 unspecified atom stereocenters. The Bertz CT molecular complexity index is 388. The predicted octanol–water partition coefficient (Wildman–Crippen LogP) is 3.66. The summed E-state index contributed by atoms with van der Waals surface area (Å²) in [5.41, 5.74) is 0. The highest BCUT2D eigenvalue weighted by molar-refractivity contribution is 5.50. The summed E-state index contributed by atoms with van der Waals surface area (Å²) in [6, 6.07) is 2.51. The van der Waals surface area contributed by atoms with E-state index in [1.165, 1.54) is 0 Å². The zero-order valence-corrected chi connectivity index (χ0v) is 13.2. The molecule has 0 aromatic carbocycles. The van der Waals surface area contributed by atoms with Crippen molar-refractivity contribution in [2.45, 2.75) is 59.9 Å². The van der Waals surface area contributed by atoms with Crippen molar-refractivity contribution >= 4 is 11.6 Å². The van der Waals surface area contributed by atoms with Crippen LogP contribution >= 0.6 is 0 Å². The largest absolute Gasteiger partial charge is 0.370 e. The highest BCUT2D eigenvalue weighted by Gasteiger charge is 2.15. The van der Waals surface area contributed by atoms with Crippen molar-refractivity contribution in [1.82, 2.24) is 9.97 Å². The Hall–Kier alpha value is -1.32. The van der Waals surface area contributed by atoms with E-state index in [2.05, 4.69) is 62.8 Å². The molecule has 1 aromatic heterocycles. The van der Waals surface area contributed by atoms with Crippen molar-refractivity contribution in [2.24, 2.45) is 0 Å². The van der Waals surface area contributed by atoms with Crippen molar-refractivity contribution in [3.63, 3.8) is 0 Å². The third-order valence-electron chi connectivity index (χ3n) is 2.99. The fourth-order valence-corrected chi connectivity index (χ4v) is 2.01. The predicted molar refractivity (Wildman–Crippen MR) is 83.1 cm³/mol. The number of nitrogens with zero attached hydrogens (tertiary/aromatic N) is 3. The van der Waals surface area contributed by atoms with Crippen LogP contribution in [0.25, 0.3) is 0 Å². The molecule has 19 heavy (non-hydrogen) atoms. The highest BCUT2D eigenvalue weighted by atomic mass is 15.2. The second-order valence-corrected chi connectivity index (χ2v) is 5.44. The SMILES string of the molecule is CCCN(c1cc(NCC)nc(C(C)C)n1)C(C)C. The average molecular weight is 264 g/mol. The molecule has 1 rings (SSSR count). The summed E-state index contributed by atoms with van der Waals surface area (Å²) in [5, 5.41) is 3.30. The second-order valence-electron chi connectivity index (χ2n) is 5.44. The Kier molecular flexibility index (Phi) is 6.06. The first kappa shape index (κ1) is 15.7. The Morgan fingerprint density at radius 1 is 1.16 bits per heavy atom. The molecule has 1 heterocycles. The molecule has 4 heteroatoms. The van der Waals surface area contributed by atoms with Crippen molar-refractivity contribution < 1.29 is 0 Å². The Balaban J connectivity index is 3.15. The summed E-state index contributed by atoms with van der Waals surface area (Å²) >= 11 is 0. The number of rotatable bonds is 7. The Labute approximate surface area is 117 Å². The fraction of sp³-hybridized carbons (Fsp3) is 0.733. The molecule has 0 radical (unpaired) electrons. The molecule has 0 saturated heterocycles. The first-order valence-corrected chi connectivity index (χ1v) is 7.39. The maximum atomic E-state index is 4.73. The van der Waals surface area contributed by atoms with Gasteiger partial charge in [-0.25, -0.2) is 9.97 Å². The lowest BCUT2D eigenvalue weighted by Crippen LogP contribution is -2.32. The van der Waals surface area contributed by atoms with Gasteiger partial charge in [0, 0.05) is 31.1 Å². The molecule has 0 fully saturated rings. The number of anilines is 2. The molecule has 0 aliphatic carbocycles. The molecular formula is C15H28N4. The van der Waals surface area contributed by atoms with Gasteiger partial charge in [0.2, 0.25) is 0 Å². The van der Waals surface area contributed by atoms with Crippen molar-refractivity contribution in [3.8, 4) is 0 Å². The van der Waals surface area contributed by atoms with E-state index in [0.29, 0.717) is 12.0 Å². The van der Waals surface area contributed by atoms with Crippen LogP contribution in [-0.4, -0.2) is 29.1 Å². The van der Waals surface area contributed by atoms with E-state index in [-0.39, 0.29) is 0 Å². The molecule has 1 aromatic rings. The van der Waals surface area contributed by atoms with Crippen LogP contribution in [0.2, 0.25) is 0 Å². The summed E-state index contributed by atoms with van der Waals surface area (Å²) in [5.74, 6) is 3.22. The minimum atomic E-state index is 0.341. The van der Waals surface area contributed by atoms with Gasteiger partial charge < -0.3 is 10.2 Å². The van der Waals surface area contributed by atoms with E-state index >= 15 is 0 Å². The molecule has 0 atom stereocenters. The molecule has 0 bridgehead atoms. The van der Waals surface area contributed by atoms with Gasteiger partial charge in [-0.3, -0.25) is 0 Å². The molecule has 0 aliphatic heterocycles. The van der Waals surface area contributed by atoms with Crippen molar-refractivity contribution in [1.29, 1.82) is 0 Å².